The van der Waals surface area contributed by atoms with Crippen LogP contribution in [0.25, 0.3) is 0 Å². The number of methoxy groups -OCH3 is 1. The van der Waals surface area contributed by atoms with E-state index in [1.807, 2.05) is 24.7 Å². The minimum absolute atomic E-state index is 0.770. The van der Waals surface area contributed by atoms with Crippen LogP contribution in [0.15, 0.2) is 24.3 Å². The van der Waals surface area contributed by atoms with Crippen LogP contribution in [0.2, 0.25) is 0 Å². The molecule has 0 bridgehead atoms. The number of hydrogen-bond acceptors (Lipinski definition) is 5. The Morgan fingerprint density at radius 3 is 2.63 bits per heavy atom. The molecule has 0 aliphatic carbocycles. The van der Waals surface area contributed by atoms with Crippen LogP contribution >= 0.6 is 0 Å². The molecule has 0 amide bonds. The minimum Gasteiger partial charge on any atom is -0.496 e. The fourth-order valence-corrected chi connectivity index (χ4v) is 4.02. The molecule has 27 heavy (non-hydrogen) atoms. The SMILES string of the molecule is COc1ccccc1CCN1CCC(CN(C)Cc2nc(C)nn2C)CC1. The first kappa shape index (κ1) is 19.8. The second-order valence-electron chi connectivity index (χ2n) is 7.74. The molecule has 6 heteroatoms. The summed E-state index contributed by atoms with van der Waals surface area (Å²) in [5.74, 6) is 3.67. The van der Waals surface area contributed by atoms with Gasteiger partial charge in [-0.05, 0) is 63.9 Å². The Kier molecular flexibility index (Phi) is 6.85. The summed E-state index contributed by atoms with van der Waals surface area (Å²) in [7, 11) is 5.92. The summed E-state index contributed by atoms with van der Waals surface area (Å²) in [4.78, 5) is 9.49. The monoisotopic (exact) mass is 371 g/mol. The van der Waals surface area contributed by atoms with Crippen LogP contribution in [0.1, 0.15) is 30.1 Å². The van der Waals surface area contributed by atoms with Crippen LogP contribution in [0, 0.1) is 12.8 Å². The van der Waals surface area contributed by atoms with Gasteiger partial charge in [0.1, 0.15) is 17.4 Å². The highest BCUT2D eigenvalue weighted by Crippen LogP contribution is 2.21. The van der Waals surface area contributed by atoms with Crippen molar-refractivity contribution in [2.75, 3.05) is 40.3 Å². The van der Waals surface area contributed by atoms with Gasteiger partial charge in [0.2, 0.25) is 0 Å². The molecule has 1 aliphatic rings. The molecular formula is C21H33N5O. The van der Waals surface area contributed by atoms with E-state index < -0.39 is 0 Å². The zero-order chi connectivity index (χ0) is 19.2. The Morgan fingerprint density at radius 2 is 1.96 bits per heavy atom. The number of para-hydroxylation sites is 1. The Balaban J connectivity index is 1.40. The molecule has 1 saturated heterocycles. The predicted octanol–water partition coefficient (Wildman–Crippen LogP) is 2.52. The maximum Gasteiger partial charge on any atom is 0.147 e. The summed E-state index contributed by atoms with van der Waals surface area (Å²) in [6.45, 7) is 7.44. The second-order valence-corrected chi connectivity index (χ2v) is 7.74. The van der Waals surface area contributed by atoms with Crippen LogP contribution in [0.4, 0.5) is 0 Å². The number of likely N-dealkylation sites (tertiary alicyclic amines) is 1. The van der Waals surface area contributed by atoms with E-state index in [2.05, 4.69) is 45.1 Å². The summed E-state index contributed by atoms with van der Waals surface area (Å²) in [6.07, 6.45) is 3.60. The Hall–Kier alpha value is -1.92. The van der Waals surface area contributed by atoms with Gasteiger partial charge in [-0.1, -0.05) is 18.2 Å². The third-order valence-corrected chi connectivity index (χ3v) is 5.54. The van der Waals surface area contributed by atoms with Crippen molar-refractivity contribution < 1.29 is 4.74 Å². The van der Waals surface area contributed by atoms with Crippen LogP contribution < -0.4 is 4.74 Å². The lowest BCUT2D eigenvalue weighted by atomic mass is 9.96. The van der Waals surface area contributed by atoms with Crippen molar-refractivity contribution in [2.24, 2.45) is 13.0 Å². The first-order valence-corrected chi connectivity index (χ1v) is 9.94. The summed E-state index contributed by atoms with van der Waals surface area (Å²) in [5.41, 5.74) is 1.31. The molecule has 1 aliphatic heterocycles. The van der Waals surface area contributed by atoms with Gasteiger partial charge in [0.15, 0.2) is 0 Å². The molecule has 2 aromatic rings. The van der Waals surface area contributed by atoms with E-state index in [4.69, 9.17) is 4.74 Å². The van der Waals surface area contributed by atoms with Gasteiger partial charge in [-0.25, -0.2) is 4.98 Å². The molecule has 0 radical (unpaired) electrons. The van der Waals surface area contributed by atoms with E-state index in [0.29, 0.717) is 0 Å². The van der Waals surface area contributed by atoms with E-state index in [9.17, 15) is 0 Å². The first-order chi connectivity index (χ1) is 13.0. The van der Waals surface area contributed by atoms with Crippen molar-refractivity contribution in [3.05, 3.63) is 41.5 Å². The molecule has 148 valence electrons. The molecule has 1 aromatic carbocycles. The Bertz CT molecular complexity index is 721. The van der Waals surface area contributed by atoms with Crippen LogP contribution in [-0.4, -0.2) is 64.9 Å². The quantitative estimate of drug-likeness (QED) is 0.714. The first-order valence-electron chi connectivity index (χ1n) is 9.94. The maximum absolute atomic E-state index is 5.47. The van der Waals surface area contributed by atoms with Crippen LogP contribution in [0.5, 0.6) is 5.75 Å². The number of benzene rings is 1. The molecule has 0 saturated carbocycles. The van der Waals surface area contributed by atoms with E-state index >= 15 is 0 Å². The molecule has 6 nitrogen and oxygen atoms in total. The van der Waals surface area contributed by atoms with Crippen molar-refractivity contribution >= 4 is 0 Å². The van der Waals surface area contributed by atoms with Gasteiger partial charge in [0.25, 0.3) is 0 Å². The summed E-state index contributed by atoms with van der Waals surface area (Å²) in [5, 5.41) is 4.34. The van der Waals surface area contributed by atoms with Crippen molar-refractivity contribution in [2.45, 2.75) is 32.7 Å². The van der Waals surface area contributed by atoms with Crippen LogP contribution in [0.3, 0.4) is 0 Å². The van der Waals surface area contributed by atoms with Gasteiger partial charge in [0, 0.05) is 20.1 Å². The number of piperidine rings is 1. The normalized spacial score (nSPS) is 16.2. The minimum atomic E-state index is 0.770. The highest BCUT2D eigenvalue weighted by Gasteiger charge is 2.21. The van der Waals surface area contributed by atoms with Crippen LogP contribution in [-0.2, 0) is 20.0 Å². The molecule has 0 atom stereocenters. The highest BCUT2D eigenvalue weighted by atomic mass is 16.5. The van der Waals surface area contributed by atoms with E-state index in [1.54, 1.807) is 7.11 Å². The molecule has 0 N–H and O–H groups in total. The zero-order valence-electron chi connectivity index (χ0n) is 17.2. The zero-order valence-corrected chi connectivity index (χ0v) is 17.2. The summed E-state index contributed by atoms with van der Waals surface area (Å²) >= 11 is 0. The van der Waals surface area contributed by atoms with E-state index in [-0.39, 0.29) is 0 Å². The average molecular weight is 372 g/mol. The second kappa shape index (κ2) is 9.33. The number of aryl methyl sites for hydroxylation is 2. The van der Waals surface area contributed by atoms with E-state index in [0.717, 1.165) is 49.4 Å². The molecule has 3 rings (SSSR count). The average Bonchev–Trinajstić information content (AvgIpc) is 2.98. The number of nitrogens with zero attached hydrogens (tertiary/aromatic N) is 5. The molecule has 1 fully saturated rings. The van der Waals surface area contributed by atoms with Gasteiger partial charge in [-0.3, -0.25) is 9.58 Å². The third kappa shape index (κ3) is 5.53. The maximum atomic E-state index is 5.47. The lowest BCUT2D eigenvalue weighted by molar-refractivity contribution is 0.151. The molecule has 2 heterocycles. The van der Waals surface area contributed by atoms with Crippen molar-refractivity contribution in [1.29, 1.82) is 0 Å². The molecule has 0 spiro atoms. The third-order valence-electron chi connectivity index (χ3n) is 5.54. The smallest absolute Gasteiger partial charge is 0.147 e. The topological polar surface area (TPSA) is 46.4 Å². The molecular weight excluding hydrogens is 338 g/mol. The lowest BCUT2D eigenvalue weighted by Crippen LogP contribution is -2.38. The fraction of sp³-hybridized carbons (Fsp3) is 0.619. The van der Waals surface area contributed by atoms with Crippen molar-refractivity contribution in [1.82, 2.24) is 24.6 Å². The van der Waals surface area contributed by atoms with Gasteiger partial charge in [-0.2, -0.15) is 5.10 Å². The van der Waals surface area contributed by atoms with Gasteiger partial charge in [0.05, 0.1) is 13.7 Å². The summed E-state index contributed by atoms with van der Waals surface area (Å²) in [6, 6.07) is 8.36. The fourth-order valence-electron chi connectivity index (χ4n) is 4.02. The Morgan fingerprint density at radius 1 is 1.22 bits per heavy atom. The number of rotatable bonds is 8. The highest BCUT2D eigenvalue weighted by molar-refractivity contribution is 5.33. The van der Waals surface area contributed by atoms with Gasteiger partial charge >= 0.3 is 0 Å². The molecule has 0 unspecified atom stereocenters. The predicted molar refractivity (Wildman–Crippen MR) is 108 cm³/mol. The number of ether oxygens (including phenoxy) is 1. The summed E-state index contributed by atoms with van der Waals surface area (Å²) < 4.78 is 7.36. The van der Waals surface area contributed by atoms with Crippen molar-refractivity contribution in [3.63, 3.8) is 0 Å². The standard InChI is InChI=1S/C21H33N5O/c1-17-22-21(25(3)23-17)16-24(2)15-18-9-12-26(13-10-18)14-11-19-7-5-6-8-20(19)27-4/h5-8,18H,9-16H2,1-4H3. The van der Waals surface area contributed by atoms with E-state index in [1.165, 1.54) is 31.5 Å². The van der Waals surface area contributed by atoms with Gasteiger partial charge in [-0.15, -0.1) is 0 Å². The lowest BCUT2D eigenvalue weighted by Gasteiger charge is -2.33. The molecule has 1 aromatic heterocycles. The number of hydrogen-bond donors (Lipinski definition) is 0. The Labute approximate surface area is 163 Å². The number of aromatic nitrogens is 3. The van der Waals surface area contributed by atoms with Gasteiger partial charge < -0.3 is 9.64 Å². The van der Waals surface area contributed by atoms with Crippen molar-refractivity contribution in [3.8, 4) is 5.75 Å². The largest absolute Gasteiger partial charge is 0.496 e.